The fourth-order valence-corrected chi connectivity index (χ4v) is 3.87. The van der Waals surface area contributed by atoms with Crippen molar-refractivity contribution < 1.29 is 17.9 Å². The Balaban J connectivity index is 1.69. The van der Waals surface area contributed by atoms with E-state index in [9.17, 15) is 13.2 Å². The number of thiazole rings is 1. The third-order valence-electron chi connectivity index (χ3n) is 3.20. The summed E-state index contributed by atoms with van der Waals surface area (Å²) in [5.41, 5.74) is 0.614. The highest BCUT2D eigenvalue weighted by atomic mass is 35.5. The van der Waals surface area contributed by atoms with Crippen LogP contribution in [0.25, 0.3) is 10.2 Å². The van der Waals surface area contributed by atoms with Crippen molar-refractivity contribution in [2.45, 2.75) is 4.90 Å². The van der Waals surface area contributed by atoms with Crippen LogP contribution in [-0.2, 0) is 14.6 Å². The Bertz CT molecular complexity index is 1050. The maximum Gasteiger partial charge on any atom is 0.264 e. The van der Waals surface area contributed by atoms with Crippen molar-refractivity contribution in [3.63, 3.8) is 0 Å². The van der Waals surface area contributed by atoms with Crippen molar-refractivity contribution in [2.24, 2.45) is 0 Å². The Labute approximate surface area is 153 Å². The van der Waals surface area contributed by atoms with Gasteiger partial charge >= 0.3 is 0 Å². The monoisotopic (exact) mass is 396 g/mol. The fraction of sp³-hybridized carbons (Fsp3) is 0.125. The molecule has 1 amide bonds. The van der Waals surface area contributed by atoms with Crippen LogP contribution in [-0.4, -0.2) is 32.2 Å². The van der Waals surface area contributed by atoms with Crippen LogP contribution in [0, 0.1) is 0 Å². The number of nitrogens with one attached hydrogen (secondary N) is 1. The van der Waals surface area contributed by atoms with Gasteiger partial charge in [-0.2, -0.15) is 0 Å². The summed E-state index contributed by atoms with van der Waals surface area (Å²) in [6, 6.07) is 11.4. The SMILES string of the molecule is CS(=O)(=O)c1ccc2nc(NC(=O)COc3cccc(Cl)c3)sc2c1. The molecule has 3 rings (SSSR count). The van der Waals surface area contributed by atoms with Gasteiger partial charge in [-0.25, -0.2) is 13.4 Å². The number of amides is 1. The summed E-state index contributed by atoms with van der Waals surface area (Å²) >= 11 is 7.04. The van der Waals surface area contributed by atoms with Crippen LogP contribution in [0.3, 0.4) is 0 Å². The number of ether oxygens (including phenoxy) is 1. The minimum atomic E-state index is -3.29. The number of anilines is 1. The lowest BCUT2D eigenvalue weighted by Crippen LogP contribution is -2.19. The Morgan fingerprint density at radius 3 is 2.80 bits per heavy atom. The average Bonchev–Trinajstić information content (AvgIpc) is 2.93. The summed E-state index contributed by atoms with van der Waals surface area (Å²) in [4.78, 5) is 16.4. The number of hydrogen-bond acceptors (Lipinski definition) is 6. The third kappa shape index (κ3) is 4.47. The highest BCUT2D eigenvalue weighted by molar-refractivity contribution is 7.90. The van der Waals surface area contributed by atoms with Gasteiger partial charge in [0.05, 0.1) is 15.1 Å². The maximum absolute atomic E-state index is 12.0. The number of hydrogen-bond donors (Lipinski definition) is 1. The lowest BCUT2D eigenvalue weighted by molar-refractivity contribution is -0.118. The first-order valence-corrected chi connectivity index (χ1v) is 10.2. The first-order chi connectivity index (χ1) is 11.8. The molecule has 1 aromatic heterocycles. The number of aromatic nitrogens is 1. The van der Waals surface area contributed by atoms with Crippen molar-refractivity contribution in [1.82, 2.24) is 4.98 Å². The molecule has 0 aliphatic heterocycles. The number of carbonyl (C=O) groups excluding carboxylic acids is 1. The first-order valence-electron chi connectivity index (χ1n) is 7.10. The van der Waals surface area contributed by atoms with E-state index in [1.54, 1.807) is 36.4 Å². The van der Waals surface area contributed by atoms with Gasteiger partial charge in [-0.1, -0.05) is 29.0 Å². The summed E-state index contributed by atoms with van der Waals surface area (Å²) in [7, 11) is -3.29. The lowest BCUT2D eigenvalue weighted by Gasteiger charge is -2.05. The topological polar surface area (TPSA) is 85.4 Å². The number of carbonyl (C=O) groups is 1. The molecule has 25 heavy (non-hydrogen) atoms. The van der Waals surface area contributed by atoms with Crippen molar-refractivity contribution in [3.8, 4) is 5.75 Å². The van der Waals surface area contributed by atoms with E-state index in [0.717, 1.165) is 6.26 Å². The van der Waals surface area contributed by atoms with Crippen molar-refractivity contribution >= 4 is 54.0 Å². The van der Waals surface area contributed by atoms with Gasteiger partial charge in [-0.3, -0.25) is 10.1 Å². The first kappa shape index (κ1) is 17.7. The lowest BCUT2D eigenvalue weighted by atomic mass is 10.3. The number of fused-ring (bicyclic) bond motifs is 1. The zero-order chi connectivity index (χ0) is 18.0. The Hall–Kier alpha value is -2.16. The second kappa shape index (κ2) is 6.99. The van der Waals surface area contributed by atoms with Gasteiger partial charge in [0, 0.05) is 11.3 Å². The molecule has 0 aliphatic carbocycles. The van der Waals surface area contributed by atoms with E-state index in [1.165, 1.54) is 17.4 Å². The molecule has 0 saturated carbocycles. The van der Waals surface area contributed by atoms with E-state index < -0.39 is 9.84 Å². The van der Waals surface area contributed by atoms with Gasteiger partial charge in [0.1, 0.15) is 5.75 Å². The summed E-state index contributed by atoms with van der Waals surface area (Å²) in [5, 5.41) is 3.53. The number of halogens is 1. The molecule has 0 atom stereocenters. The van der Waals surface area contributed by atoms with Crippen LogP contribution in [0.1, 0.15) is 0 Å². The van der Waals surface area contributed by atoms with Gasteiger partial charge < -0.3 is 4.74 Å². The molecule has 0 fully saturated rings. The summed E-state index contributed by atoms with van der Waals surface area (Å²) in [6.07, 6.45) is 1.14. The van der Waals surface area contributed by atoms with Gasteiger partial charge in [0.15, 0.2) is 21.6 Å². The Morgan fingerprint density at radius 2 is 2.08 bits per heavy atom. The number of nitrogens with zero attached hydrogens (tertiary/aromatic N) is 1. The van der Waals surface area contributed by atoms with E-state index in [4.69, 9.17) is 16.3 Å². The van der Waals surface area contributed by atoms with Crippen molar-refractivity contribution in [2.75, 3.05) is 18.2 Å². The summed E-state index contributed by atoms with van der Waals surface area (Å²) in [6.45, 7) is -0.190. The largest absolute Gasteiger partial charge is 0.484 e. The normalized spacial score (nSPS) is 11.4. The molecule has 3 aromatic rings. The molecule has 0 saturated heterocycles. The molecule has 0 radical (unpaired) electrons. The van der Waals surface area contributed by atoms with Crippen LogP contribution in [0.15, 0.2) is 47.4 Å². The van der Waals surface area contributed by atoms with E-state index >= 15 is 0 Å². The van der Waals surface area contributed by atoms with Crippen LogP contribution in [0.4, 0.5) is 5.13 Å². The molecule has 9 heteroatoms. The van der Waals surface area contributed by atoms with Gasteiger partial charge in [-0.15, -0.1) is 0 Å². The minimum Gasteiger partial charge on any atom is -0.484 e. The summed E-state index contributed by atoms with van der Waals surface area (Å²) in [5.74, 6) is 0.118. The van der Waals surface area contributed by atoms with Crippen LogP contribution < -0.4 is 10.1 Å². The van der Waals surface area contributed by atoms with Gasteiger partial charge in [-0.05, 0) is 36.4 Å². The van der Waals surface area contributed by atoms with E-state index in [2.05, 4.69) is 10.3 Å². The zero-order valence-electron chi connectivity index (χ0n) is 13.0. The van der Waals surface area contributed by atoms with Crippen molar-refractivity contribution in [3.05, 3.63) is 47.5 Å². The van der Waals surface area contributed by atoms with Gasteiger partial charge in [0.25, 0.3) is 5.91 Å². The molecule has 6 nitrogen and oxygen atoms in total. The molecular formula is C16H13ClN2O4S2. The zero-order valence-corrected chi connectivity index (χ0v) is 15.4. The maximum atomic E-state index is 12.0. The second-order valence-corrected chi connectivity index (χ2v) is 8.70. The fourth-order valence-electron chi connectivity index (χ4n) is 2.05. The van der Waals surface area contributed by atoms with Crippen LogP contribution >= 0.6 is 22.9 Å². The Kier molecular flexibility index (Phi) is 4.94. The molecule has 0 aliphatic rings. The van der Waals surface area contributed by atoms with E-state index in [0.29, 0.717) is 26.1 Å². The highest BCUT2D eigenvalue weighted by Crippen LogP contribution is 2.28. The second-order valence-electron chi connectivity index (χ2n) is 5.21. The third-order valence-corrected chi connectivity index (χ3v) is 5.48. The summed E-state index contributed by atoms with van der Waals surface area (Å²) < 4.78 is 29.2. The van der Waals surface area contributed by atoms with Gasteiger partial charge in [0.2, 0.25) is 0 Å². The molecule has 2 aromatic carbocycles. The molecule has 0 spiro atoms. The molecule has 1 N–H and O–H groups in total. The molecule has 130 valence electrons. The molecule has 0 bridgehead atoms. The smallest absolute Gasteiger partial charge is 0.264 e. The van der Waals surface area contributed by atoms with Crippen LogP contribution in [0.5, 0.6) is 5.75 Å². The van der Waals surface area contributed by atoms with E-state index in [1.807, 2.05) is 0 Å². The van der Waals surface area contributed by atoms with E-state index in [-0.39, 0.29) is 17.4 Å². The van der Waals surface area contributed by atoms with Crippen LogP contribution in [0.2, 0.25) is 5.02 Å². The number of rotatable bonds is 5. The molecule has 0 unspecified atom stereocenters. The predicted molar refractivity (Wildman–Crippen MR) is 98.3 cm³/mol. The average molecular weight is 397 g/mol. The highest BCUT2D eigenvalue weighted by Gasteiger charge is 2.12. The molecular weight excluding hydrogens is 384 g/mol. The number of sulfone groups is 1. The Morgan fingerprint density at radius 1 is 1.28 bits per heavy atom. The van der Waals surface area contributed by atoms with Crippen molar-refractivity contribution in [1.29, 1.82) is 0 Å². The number of benzene rings is 2. The predicted octanol–water partition coefficient (Wildman–Crippen LogP) is 3.37. The molecule has 1 heterocycles. The standard InChI is InChI=1S/C16H13ClN2O4S2/c1-25(21,22)12-5-6-13-14(8-12)24-16(18-13)19-15(20)9-23-11-4-2-3-10(17)7-11/h2-8H,9H2,1H3,(H,18,19,20). The quantitative estimate of drug-likeness (QED) is 0.714. The minimum absolute atomic E-state index is 0.190.